The molecule has 2 aromatic rings. The van der Waals surface area contributed by atoms with Crippen molar-refractivity contribution in [3.63, 3.8) is 0 Å². The Kier molecular flexibility index (Phi) is 7.89. The Bertz CT molecular complexity index is 840. The highest BCUT2D eigenvalue weighted by Gasteiger charge is 2.23. The third kappa shape index (κ3) is 5.85. The van der Waals surface area contributed by atoms with Crippen LogP contribution in [0.2, 0.25) is 0 Å². The average molecular weight is 408 g/mol. The number of amides is 2. The van der Waals surface area contributed by atoms with Gasteiger partial charge in [-0.05, 0) is 49.2 Å². The maximum atomic E-state index is 12.8. The largest absolute Gasteiger partial charge is 0.368 e. The lowest BCUT2D eigenvalue weighted by Gasteiger charge is -2.36. The first-order valence-electron chi connectivity index (χ1n) is 11.1. The van der Waals surface area contributed by atoms with Gasteiger partial charge in [-0.15, -0.1) is 0 Å². The topological polar surface area (TPSA) is 52.7 Å². The van der Waals surface area contributed by atoms with Gasteiger partial charge in [0.2, 0.25) is 5.91 Å². The van der Waals surface area contributed by atoms with E-state index in [1.165, 1.54) is 12.8 Å². The van der Waals surface area contributed by atoms with E-state index >= 15 is 0 Å². The second-order valence-corrected chi connectivity index (χ2v) is 8.00. The van der Waals surface area contributed by atoms with Crippen molar-refractivity contribution < 1.29 is 9.59 Å². The fourth-order valence-corrected chi connectivity index (χ4v) is 3.84. The van der Waals surface area contributed by atoms with Gasteiger partial charge in [0.25, 0.3) is 5.91 Å². The van der Waals surface area contributed by atoms with Gasteiger partial charge in [-0.2, -0.15) is 0 Å². The van der Waals surface area contributed by atoms with Crippen molar-refractivity contribution in [1.82, 2.24) is 4.90 Å². The van der Waals surface area contributed by atoms with E-state index in [4.69, 9.17) is 0 Å². The van der Waals surface area contributed by atoms with Crippen LogP contribution in [0.1, 0.15) is 54.9 Å². The van der Waals surface area contributed by atoms with Gasteiger partial charge in [0.05, 0.1) is 0 Å². The van der Waals surface area contributed by atoms with Crippen LogP contribution in [-0.4, -0.2) is 42.9 Å². The number of unbranched alkanes of at least 4 members (excludes halogenated alkanes) is 3. The summed E-state index contributed by atoms with van der Waals surface area (Å²) in [7, 11) is 0. The zero-order chi connectivity index (χ0) is 21.3. The molecular weight excluding hydrogens is 374 g/mol. The van der Waals surface area contributed by atoms with Crippen molar-refractivity contribution >= 4 is 23.2 Å². The molecule has 0 bridgehead atoms. The van der Waals surface area contributed by atoms with Crippen LogP contribution >= 0.6 is 0 Å². The number of carbonyl (C=O) groups excluding carboxylic acids is 2. The molecule has 2 aromatic carbocycles. The minimum atomic E-state index is 0.0854. The van der Waals surface area contributed by atoms with Crippen LogP contribution in [0.3, 0.4) is 0 Å². The molecule has 1 aliphatic heterocycles. The number of nitrogens with zero attached hydrogens (tertiary/aromatic N) is 2. The molecule has 0 spiro atoms. The molecule has 2 amide bonds. The third-order valence-corrected chi connectivity index (χ3v) is 5.72. The Labute approximate surface area is 180 Å². The second kappa shape index (κ2) is 10.8. The van der Waals surface area contributed by atoms with Gasteiger partial charge < -0.3 is 15.1 Å². The lowest BCUT2D eigenvalue weighted by Crippen LogP contribution is -2.48. The molecule has 5 nitrogen and oxygen atoms in total. The van der Waals surface area contributed by atoms with Gasteiger partial charge in [0.15, 0.2) is 0 Å². The normalized spacial score (nSPS) is 13.9. The fourth-order valence-electron chi connectivity index (χ4n) is 3.84. The molecule has 1 N–H and O–H groups in total. The van der Waals surface area contributed by atoms with Crippen LogP contribution in [0.5, 0.6) is 0 Å². The summed E-state index contributed by atoms with van der Waals surface area (Å²) < 4.78 is 0. The highest BCUT2D eigenvalue weighted by molar-refractivity contribution is 5.95. The van der Waals surface area contributed by atoms with Gasteiger partial charge in [-0.1, -0.05) is 44.4 Å². The predicted molar refractivity (Wildman–Crippen MR) is 123 cm³/mol. The Hall–Kier alpha value is -2.82. The van der Waals surface area contributed by atoms with Gasteiger partial charge in [0.1, 0.15) is 0 Å². The van der Waals surface area contributed by atoms with E-state index in [1.807, 2.05) is 60.4 Å². The molecular formula is C25H33N3O2. The van der Waals surface area contributed by atoms with Crippen molar-refractivity contribution in [3.05, 3.63) is 59.7 Å². The van der Waals surface area contributed by atoms with E-state index in [-0.39, 0.29) is 11.8 Å². The summed E-state index contributed by atoms with van der Waals surface area (Å²) in [5.74, 6) is 0.201. The maximum Gasteiger partial charge on any atom is 0.254 e. The molecule has 5 heteroatoms. The predicted octanol–water partition coefficient (Wildman–Crippen LogP) is 4.87. The summed E-state index contributed by atoms with van der Waals surface area (Å²) in [5.41, 5.74) is 3.78. The van der Waals surface area contributed by atoms with Crippen LogP contribution in [0.25, 0.3) is 0 Å². The number of hydrogen-bond acceptors (Lipinski definition) is 3. The van der Waals surface area contributed by atoms with Crippen molar-refractivity contribution in [2.24, 2.45) is 0 Å². The summed E-state index contributed by atoms with van der Waals surface area (Å²) >= 11 is 0. The number of benzene rings is 2. The Balaban J connectivity index is 1.48. The molecule has 30 heavy (non-hydrogen) atoms. The molecule has 0 unspecified atom stereocenters. The van der Waals surface area contributed by atoms with Crippen LogP contribution < -0.4 is 10.2 Å². The molecule has 0 saturated carbocycles. The molecule has 0 radical (unpaired) electrons. The number of piperazine rings is 1. The van der Waals surface area contributed by atoms with Crippen LogP contribution in [0, 0.1) is 6.92 Å². The summed E-state index contributed by atoms with van der Waals surface area (Å²) in [4.78, 5) is 29.1. The van der Waals surface area contributed by atoms with E-state index in [0.717, 1.165) is 48.4 Å². The van der Waals surface area contributed by atoms with E-state index in [0.29, 0.717) is 19.5 Å². The standard InChI is InChI=1S/C25H33N3O2/c1-3-4-5-6-11-24(29)26-21-12-14-22(15-13-21)27-16-18-28(19-17-27)25(30)23-10-8-7-9-20(23)2/h7-10,12-15H,3-6,11,16-19H2,1-2H3,(H,26,29). The first-order chi connectivity index (χ1) is 14.6. The number of aryl methyl sites for hydroxylation is 1. The summed E-state index contributed by atoms with van der Waals surface area (Å²) in [6.07, 6.45) is 5.01. The zero-order valence-corrected chi connectivity index (χ0v) is 18.2. The molecule has 0 atom stereocenters. The number of anilines is 2. The van der Waals surface area contributed by atoms with Crippen molar-refractivity contribution in [3.8, 4) is 0 Å². The molecule has 0 aliphatic carbocycles. The van der Waals surface area contributed by atoms with Gasteiger partial charge in [-0.3, -0.25) is 9.59 Å². The number of hydrogen-bond donors (Lipinski definition) is 1. The van der Waals surface area contributed by atoms with Crippen molar-refractivity contribution in [2.45, 2.75) is 46.0 Å². The fraction of sp³-hybridized carbons (Fsp3) is 0.440. The number of rotatable bonds is 8. The monoisotopic (exact) mass is 407 g/mol. The highest BCUT2D eigenvalue weighted by Crippen LogP contribution is 2.21. The number of nitrogens with one attached hydrogen (secondary N) is 1. The van der Waals surface area contributed by atoms with E-state index < -0.39 is 0 Å². The molecule has 1 fully saturated rings. The van der Waals surface area contributed by atoms with Gasteiger partial charge in [0, 0.05) is 49.5 Å². The van der Waals surface area contributed by atoms with Crippen LogP contribution in [0.4, 0.5) is 11.4 Å². The Morgan fingerprint density at radius 3 is 2.27 bits per heavy atom. The third-order valence-electron chi connectivity index (χ3n) is 5.72. The van der Waals surface area contributed by atoms with Crippen LogP contribution in [0.15, 0.2) is 48.5 Å². The van der Waals surface area contributed by atoms with E-state index in [1.54, 1.807) is 0 Å². The summed E-state index contributed by atoms with van der Waals surface area (Å²) in [6, 6.07) is 15.8. The molecule has 3 rings (SSSR count). The molecule has 1 heterocycles. The minimum Gasteiger partial charge on any atom is -0.368 e. The summed E-state index contributed by atoms with van der Waals surface area (Å²) in [5, 5.41) is 2.98. The molecule has 160 valence electrons. The Morgan fingerprint density at radius 1 is 0.900 bits per heavy atom. The van der Waals surface area contributed by atoms with Crippen molar-refractivity contribution in [1.29, 1.82) is 0 Å². The smallest absolute Gasteiger partial charge is 0.254 e. The molecule has 1 saturated heterocycles. The zero-order valence-electron chi connectivity index (χ0n) is 18.2. The van der Waals surface area contributed by atoms with E-state index in [9.17, 15) is 9.59 Å². The Morgan fingerprint density at radius 2 is 1.60 bits per heavy atom. The highest BCUT2D eigenvalue weighted by atomic mass is 16.2. The lowest BCUT2D eigenvalue weighted by molar-refractivity contribution is -0.116. The molecule has 0 aromatic heterocycles. The first-order valence-corrected chi connectivity index (χ1v) is 11.1. The lowest BCUT2D eigenvalue weighted by atomic mass is 10.1. The number of carbonyl (C=O) groups is 2. The second-order valence-electron chi connectivity index (χ2n) is 8.00. The van der Waals surface area contributed by atoms with Crippen molar-refractivity contribution in [2.75, 3.05) is 36.4 Å². The summed E-state index contributed by atoms with van der Waals surface area (Å²) in [6.45, 7) is 7.19. The quantitative estimate of drug-likeness (QED) is 0.636. The maximum absolute atomic E-state index is 12.8. The first kappa shape index (κ1) is 21.9. The van der Waals surface area contributed by atoms with Gasteiger partial charge >= 0.3 is 0 Å². The SMILES string of the molecule is CCCCCCC(=O)Nc1ccc(N2CCN(C(=O)c3ccccc3C)CC2)cc1. The average Bonchev–Trinajstić information content (AvgIpc) is 2.77. The molecule has 1 aliphatic rings. The van der Waals surface area contributed by atoms with Gasteiger partial charge in [-0.25, -0.2) is 0 Å². The minimum absolute atomic E-state index is 0.0854. The van der Waals surface area contributed by atoms with E-state index in [2.05, 4.69) is 17.1 Å². The van der Waals surface area contributed by atoms with Crippen LogP contribution in [-0.2, 0) is 4.79 Å².